The van der Waals surface area contributed by atoms with Crippen LogP contribution in [0.4, 0.5) is 0 Å². The molecule has 0 bridgehead atoms. The van der Waals surface area contributed by atoms with Crippen molar-refractivity contribution in [3.8, 4) is 22.6 Å². The Balaban J connectivity index is 1.54. The second kappa shape index (κ2) is 7.52. The van der Waals surface area contributed by atoms with Crippen LogP contribution in [0, 0.1) is 13.8 Å². The molecule has 2 aromatic carbocycles. The Morgan fingerprint density at radius 1 is 0.857 bits per heavy atom. The van der Waals surface area contributed by atoms with Crippen molar-refractivity contribution in [2.75, 3.05) is 0 Å². The quantitative estimate of drug-likeness (QED) is 0.555. The normalized spacial score (nSPS) is 10.8. The van der Waals surface area contributed by atoms with E-state index >= 15 is 0 Å². The van der Waals surface area contributed by atoms with Gasteiger partial charge in [0.25, 0.3) is 5.91 Å². The third kappa shape index (κ3) is 3.32. The SMILES string of the molecule is Cc1noc(-c2ccccc2)c1C(=O)NCc1noc(-c2ccccc2)c1C. The average molecular weight is 373 g/mol. The number of amides is 1. The van der Waals surface area contributed by atoms with Crippen molar-refractivity contribution in [2.24, 2.45) is 0 Å². The minimum atomic E-state index is -0.263. The zero-order valence-electron chi connectivity index (χ0n) is 15.6. The summed E-state index contributed by atoms with van der Waals surface area (Å²) in [6.07, 6.45) is 0. The van der Waals surface area contributed by atoms with Crippen molar-refractivity contribution >= 4 is 5.91 Å². The molecule has 4 aromatic rings. The van der Waals surface area contributed by atoms with E-state index in [0.29, 0.717) is 28.5 Å². The molecule has 0 radical (unpaired) electrons. The lowest BCUT2D eigenvalue weighted by Gasteiger charge is -2.05. The zero-order valence-corrected chi connectivity index (χ0v) is 15.6. The second-order valence-electron chi connectivity index (χ2n) is 6.47. The Kier molecular flexibility index (Phi) is 4.76. The van der Waals surface area contributed by atoms with Crippen molar-refractivity contribution in [1.82, 2.24) is 15.6 Å². The molecular formula is C22H19N3O3. The molecule has 0 aliphatic rings. The van der Waals surface area contributed by atoms with Gasteiger partial charge >= 0.3 is 0 Å². The third-order valence-electron chi connectivity index (χ3n) is 4.60. The highest BCUT2D eigenvalue weighted by Gasteiger charge is 2.22. The van der Waals surface area contributed by atoms with Crippen LogP contribution >= 0.6 is 0 Å². The van der Waals surface area contributed by atoms with E-state index in [0.717, 1.165) is 16.7 Å². The van der Waals surface area contributed by atoms with Gasteiger partial charge in [0.05, 0.1) is 12.2 Å². The first-order chi connectivity index (χ1) is 13.6. The first-order valence-corrected chi connectivity index (χ1v) is 8.95. The lowest BCUT2D eigenvalue weighted by atomic mass is 10.1. The molecule has 140 valence electrons. The van der Waals surface area contributed by atoms with Crippen molar-refractivity contribution in [3.63, 3.8) is 0 Å². The molecule has 1 amide bonds. The summed E-state index contributed by atoms with van der Waals surface area (Å²) in [6, 6.07) is 19.2. The predicted octanol–water partition coefficient (Wildman–Crippen LogP) is 4.54. The van der Waals surface area contributed by atoms with E-state index in [1.807, 2.05) is 67.6 Å². The summed E-state index contributed by atoms with van der Waals surface area (Å²) in [5, 5.41) is 11.0. The second-order valence-corrected chi connectivity index (χ2v) is 6.47. The van der Waals surface area contributed by atoms with Crippen LogP contribution in [0.3, 0.4) is 0 Å². The number of hydrogen-bond donors (Lipinski definition) is 1. The summed E-state index contributed by atoms with van der Waals surface area (Å²) in [4.78, 5) is 12.8. The van der Waals surface area contributed by atoms with E-state index in [2.05, 4.69) is 15.6 Å². The maximum atomic E-state index is 12.8. The number of nitrogens with one attached hydrogen (secondary N) is 1. The summed E-state index contributed by atoms with van der Waals surface area (Å²) in [7, 11) is 0. The van der Waals surface area contributed by atoms with Gasteiger partial charge in [-0.05, 0) is 13.8 Å². The predicted molar refractivity (Wildman–Crippen MR) is 105 cm³/mol. The minimum Gasteiger partial charge on any atom is -0.356 e. The van der Waals surface area contributed by atoms with Gasteiger partial charge < -0.3 is 14.4 Å². The van der Waals surface area contributed by atoms with Crippen molar-refractivity contribution in [2.45, 2.75) is 20.4 Å². The molecule has 0 fully saturated rings. The summed E-state index contributed by atoms with van der Waals surface area (Å²) in [5.74, 6) is 0.898. The Bertz CT molecular complexity index is 1100. The molecule has 2 heterocycles. The van der Waals surface area contributed by atoms with E-state index in [4.69, 9.17) is 9.05 Å². The first kappa shape index (κ1) is 17.7. The third-order valence-corrected chi connectivity index (χ3v) is 4.60. The lowest BCUT2D eigenvalue weighted by Crippen LogP contribution is -2.24. The average Bonchev–Trinajstić information content (AvgIpc) is 3.30. The van der Waals surface area contributed by atoms with Crippen LogP contribution in [0.1, 0.15) is 27.3 Å². The Morgan fingerprint density at radius 3 is 2.07 bits per heavy atom. The molecule has 0 saturated carbocycles. The molecule has 6 nitrogen and oxygen atoms in total. The number of carbonyl (C=O) groups is 1. The van der Waals surface area contributed by atoms with Crippen LogP contribution in [-0.2, 0) is 6.54 Å². The highest BCUT2D eigenvalue weighted by molar-refractivity contribution is 6.00. The van der Waals surface area contributed by atoms with Crippen molar-refractivity contribution in [1.29, 1.82) is 0 Å². The van der Waals surface area contributed by atoms with Crippen LogP contribution in [0.2, 0.25) is 0 Å². The van der Waals surface area contributed by atoms with Gasteiger partial charge in [-0.25, -0.2) is 0 Å². The Morgan fingerprint density at radius 2 is 1.43 bits per heavy atom. The fourth-order valence-corrected chi connectivity index (χ4v) is 3.07. The summed E-state index contributed by atoms with van der Waals surface area (Å²) in [6.45, 7) is 3.93. The molecule has 1 N–H and O–H groups in total. The maximum Gasteiger partial charge on any atom is 0.257 e. The summed E-state index contributed by atoms with van der Waals surface area (Å²) in [5.41, 5.74) is 4.30. The van der Waals surface area contributed by atoms with E-state index in [1.165, 1.54) is 0 Å². The van der Waals surface area contributed by atoms with E-state index < -0.39 is 0 Å². The van der Waals surface area contributed by atoms with Crippen LogP contribution in [0.5, 0.6) is 0 Å². The number of rotatable bonds is 5. The first-order valence-electron chi connectivity index (χ1n) is 8.95. The molecule has 4 rings (SSSR count). The smallest absolute Gasteiger partial charge is 0.257 e. The van der Waals surface area contributed by atoms with Crippen LogP contribution < -0.4 is 5.32 Å². The van der Waals surface area contributed by atoms with E-state index in [-0.39, 0.29) is 12.5 Å². The van der Waals surface area contributed by atoms with Gasteiger partial charge in [0, 0.05) is 16.7 Å². The lowest BCUT2D eigenvalue weighted by molar-refractivity contribution is 0.0949. The van der Waals surface area contributed by atoms with Gasteiger partial charge in [-0.15, -0.1) is 0 Å². The molecule has 0 saturated heterocycles. The minimum absolute atomic E-state index is 0.250. The Labute approximate surface area is 162 Å². The van der Waals surface area contributed by atoms with Crippen LogP contribution in [0.15, 0.2) is 69.7 Å². The van der Waals surface area contributed by atoms with Crippen molar-refractivity contribution < 1.29 is 13.8 Å². The number of carbonyl (C=O) groups excluding carboxylic acids is 1. The van der Waals surface area contributed by atoms with Gasteiger partial charge in [0.15, 0.2) is 11.5 Å². The highest BCUT2D eigenvalue weighted by Crippen LogP contribution is 2.27. The van der Waals surface area contributed by atoms with Gasteiger partial charge in [-0.2, -0.15) is 0 Å². The largest absolute Gasteiger partial charge is 0.356 e. The molecule has 0 unspecified atom stereocenters. The number of benzene rings is 2. The molecule has 2 aromatic heterocycles. The summed E-state index contributed by atoms with van der Waals surface area (Å²) >= 11 is 0. The standard InChI is InChI=1S/C22H19N3O3/c1-14-18(25-27-20(14)16-9-5-3-6-10-16)13-23-22(26)19-15(2)24-28-21(19)17-11-7-4-8-12-17/h3-12H,13H2,1-2H3,(H,23,26). The van der Waals surface area contributed by atoms with Crippen LogP contribution in [-0.4, -0.2) is 16.2 Å². The highest BCUT2D eigenvalue weighted by atomic mass is 16.5. The molecule has 0 aliphatic heterocycles. The number of nitrogens with zero attached hydrogens (tertiary/aromatic N) is 2. The zero-order chi connectivity index (χ0) is 19.5. The van der Waals surface area contributed by atoms with Crippen molar-refractivity contribution in [3.05, 3.63) is 83.2 Å². The monoisotopic (exact) mass is 373 g/mol. The van der Waals surface area contributed by atoms with Gasteiger partial charge in [-0.3, -0.25) is 4.79 Å². The Hall–Kier alpha value is -3.67. The van der Waals surface area contributed by atoms with Gasteiger partial charge in [0.2, 0.25) is 0 Å². The topological polar surface area (TPSA) is 81.2 Å². The van der Waals surface area contributed by atoms with Gasteiger partial charge in [-0.1, -0.05) is 71.0 Å². The molecule has 28 heavy (non-hydrogen) atoms. The molecule has 0 spiro atoms. The maximum absolute atomic E-state index is 12.8. The molecule has 0 aliphatic carbocycles. The van der Waals surface area contributed by atoms with Gasteiger partial charge in [0.1, 0.15) is 11.3 Å². The van der Waals surface area contributed by atoms with E-state index in [1.54, 1.807) is 6.92 Å². The molecular weight excluding hydrogens is 354 g/mol. The fraction of sp³-hybridized carbons (Fsp3) is 0.136. The fourth-order valence-electron chi connectivity index (χ4n) is 3.07. The molecule has 6 heteroatoms. The van der Waals surface area contributed by atoms with E-state index in [9.17, 15) is 4.79 Å². The number of aryl methyl sites for hydroxylation is 1. The number of hydrogen-bond acceptors (Lipinski definition) is 5. The van der Waals surface area contributed by atoms with Crippen LogP contribution in [0.25, 0.3) is 22.6 Å². The summed E-state index contributed by atoms with van der Waals surface area (Å²) < 4.78 is 10.9. The molecule has 0 atom stereocenters. The number of aromatic nitrogens is 2.